The van der Waals surface area contributed by atoms with Gasteiger partial charge < -0.3 is 24.4 Å². The Morgan fingerprint density at radius 3 is 2.55 bits per heavy atom. The number of hydrogen-bond acceptors (Lipinski definition) is 7. The average molecular weight is 427 g/mol. The third-order valence-electron chi connectivity index (χ3n) is 5.61. The van der Waals surface area contributed by atoms with E-state index in [2.05, 4.69) is 15.1 Å². The zero-order valence-corrected chi connectivity index (χ0v) is 18.0. The van der Waals surface area contributed by atoms with Crippen LogP contribution in [0.4, 0.5) is 5.82 Å². The van der Waals surface area contributed by atoms with Crippen LogP contribution < -0.4 is 15.0 Å². The lowest BCUT2D eigenvalue weighted by atomic mass is 10.1. The molecular formula is C23H30N4O4. The minimum atomic E-state index is -0.0977. The highest BCUT2D eigenvalue weighted by molar-refractivity contribution is 5.99. The van der Waals surface area contributed by atoms with Crippen molar-refractivity contribution < 1.29 is 19.0 Å². The fourth-order valence-electron chi connectivity index (χ4n) is 3.83. The Hall–Kier alpha value is -2.68. The summed E-state index contributed by atoms with van der Waals surface area (Å²) in [6, 6.07) is 11.6. The van der Waals surface area contributed by atoms with Crippen molar-refractivity contribution in [1.29, 1.82) is 0 Å². The summed E-state index contributed by atoms with van der Waals surface area (Å²) in [5.41, 5.74) is 2.36. The molecule has 0 radical (unpaired) electrons. The largest absolute Gasteiger partial charge is 0.497 e. The maximum absolute atomic E-state index is 13.0. The van der Waals surface area contributed by atoms with Crippen molar-refractivity contribution in [2.75, 3.05) is 77.7 Å². The maximum atomic E-state index is 13.0. The molecule has 2 fully saturated rings. The van der Waals surface area contributed by atoms with Crippen LogP contribution >= 0.6 is 0 Å². The molecule has 1 aromatic heterocycles. The fourth-order valence-corrected chi connectivity index (χ4v) is 3.83. The van der Waals surface area contributed by atoms with Crippen molar-refractivity contribution in [3.8, 4) is 17.0 Å². The number of anilines is 1. The van der Waals surface area contributed by atoms with Gasteiger partial charge in [0.2, 0.25) is 0 Å². The standard InChI is InChI=1S/C23H30N4O4/c1-29-19-4-2-3-18(17-19)21-6-5-20(22(25-21)27-11-15-31-16-12-27)23(28)24-7-8-26-9-13-30-14-10-26/h2-6,17H,7-16H2,1H3,(H,24,28). The molecule has 1 aromatic carbocycles. The van der Waals surface area contributed by atoms with Crippen LogP contribution in [-0.4, -0.2) is 88.6 Å². The lowest BCUT2D eigenvalue weighted by molar-refractivity contribution is 0.0383. The molecule has 166 valence electrons. The predicted octanol–water partition coefficient (Wildman–Crippen LogP) is 1.66. The second-order valence-electron chi connectivity index (χ2n) is 7.61. The summed E-state index contributed by atoms with van der Waals surface area (Å²) in [5.74, 6) is 1.38. The number of nitrogens with one attached hydrogen (secondary N) is 1. The number of rotatable bonds is 7. The van der Waals surface area contributed by atoms with Crippen molar-refractivity contribution in [2.45, 2.75) is 0 Å². The van der Waals surface area contributed by atoms with Crippen LogP contribution in [0.25, 0.3) is 11.3 Å². The molecule has 31 heavy (non-hydrogen) atoms. The lowest BCUT2D eigenvalue weighted by Crippen LogP contribution is -2.42. The minimum Gasteiger partial charge on any atom is -0.497 e. The molecule has 0 spiro atoms. The monoisotopic (exact) mass is 426 g/mol. The van der Waals surface area contributed by atoms with Crippen molar-refractivity contribution in [3.05, 3.63) is 42.0 Å². The van der Waals surface area contributed by atoms with Gasteiger partial charge in [-0.1, -0.05) is 12.1 Å². The molecule has 3 heterocycles. The van der Waals surface area contributed by atoms with E-state index in [4.69, 9.17) is 19.2 Å². The van der Waals surface area contributed by atoms with E-state index in [1.807, 2.05) is 36.4 Å². The molecule has 0 aliphatic carbocycles. The van der Waals surface area contributed by atoms with Crippen molar-refractivity contribution in [1.82, 2.24) is 15.2 Å². The number of ether oxygens (including phenoxy) is 3. The number of methoxy groups -OCH3 is 1. The van der Waals surface area contributed by atoms with Crippen LogP contribution in [0.1, 0.15) is 10.4 Å². The number of carbonyl (C=O) groups is 1. The Labute approximate surface area is 183 Å². The Morgan fingerprint density at radius 1 is 1.06 bits per heavy atom. The SMILES string of the molecule is COc1cccc(-c2ccc(C(=O)NCCN3CCOCC3)c(N3CCOCC3)n2)c1. The van der Waals surface area contributed by atoms with Gasteiger partial charge in [-0.05, 0) is 24.3 Å². The van der Waals surface area contributed by atoms with E-state index in [1.165, 1.54) is 0 Å². The molecule has 2 aromatic rings. The van der Waals surface area contributed by atoms with Gasteiger partial charge in [0.05, 0.1) is 44.8 Å². The summed E-state index contributed by atoms with van der Waals surface area (Å²) in [5, 5.41) is 3.06. The Kier molecular flexibility index (Phi) is 7.35. The van der Waals surface area contributed by atoms with E-state index in [1.54, 1.807) is 7.11 Å². The second-order valence-corrected chi connectivity index (χ2v) is 7.61. The van der Waals surface area contributed by atoms with Crippen LogP contribution in [0.15, 0.2) is 36.4 Å². The van der Waals surface area contributed by atoms with Gasteiger partial charge >= 0.3 is 0 Å². The molecule has 0 saturated carbocycles. The highest BCUT2D eigenvalue weighted by Crippen LogP contribution is 2.27. The van der Waals surface area contributed by atoms with Gasteiger partial charge in [-0.25, -0.2) is 4.98 Å². The summed E-state index contributed by atoms with van der Waals surface area (Å²) < 4.78 is 16.2. The molecular weight excluding hydrogens is 396 g/mol. The molecule has 1 amide bonds. The number of carbonyl (C=O) groups excluding carboxylic acids is 1. The third kappa shape index (κ3) is 5.52. The minimum absolute atomic E-state index is 0.0977. The normalized spacial score (nSPS) is 17.4. The number of hydrogen-bond donors (Lipinski definition) is 1. The summed E-state index contributed by atoms with van der Waals surface area (Å²) in [6.45, 7) is 7.42. The van der Waals surface area contributed by atoms with Crippen molar-refractivity contribution >= 4 is 11.7 Å². The highest BCUT2D eigenvalue weighted by atomic mass is 16.5. The average Bonchev–Trinajstić information content (AvgIpc) is 2.85. The lowest BCUT2D eigenvalue weighted by Gasteiger charge is -2.30. The number of benzene rings is 1. The van der Waals surface area contributed by atoms with Gasteiger partial charge in [-0.2, -0.15) is 0 Å². The molecule has 1 N–H and O–H groups in total. The number of aromatic nitrogens is 1. The van der Waals surface area contributed by atoms with E-state index in [9.17, 15) is 4.79 Å². The second kappa shape index (κ2) is 10.6. The molecule has 0 unspecified atom stereocenters. The van der Waals surface area contributed by atoms with Gasteiger partial charge in [-0.15, -0.1) is 0 Å². The van der Waals surface area contributed by atoms with Gasteiger partial charge in [0.15, 0.2) is 0 Å². The summed E-state index contributed by atoms with van der Waals surface area (Å²) in [4.78, 5) is 22.3. The van der Waals surface area contributed by atoms with E-state index in [-0.39, 0.29) is 5.91 Å². The molecule has 0 atom stereocenters. The number of morpholine rings is 2. The molecule has 2 aliphatic heterocycles. The summed E-state index contributed by atoms with van der Waals surface area (Å²) in [6.07, 6.45) is 0. The zero-order chi connectivity index (χ0) is 21.5. The van der Waals surface area contributed by atoms with Gasteiger partial charge in [0.1, 0.15) is 11.6 Å². The molecule has 8 heteroatoms. The zero-order valence-electron chi connectivity index (χ0n) is 18.0. The molecule has 4 rings (SSSR count). The first-order valence-corrected chi connectivity index (χ1v) is 10.8. The van der Waals surface area contributed by atoms with Crippen LogP contribution in [0, 0.1) is 0 Å². The molecule has 8 nitrogen and oxygen atoms in total. The first kappa shape index (κ1) is 21.5. The predicted molar refractivity (Wildman–Crippen MR) is 119 cm³/mol. The molecule has 0 bridgehead atoms. The van der Waals surface area contributed by atoms with E-state index >= 15 is 0 Å². The molecule has 2 aliphatic rings. The molecule has 2 saturated heterocycles. The van der Waals surface area contributed by atoms with E-state index in [0.29, 0.717) is 44.2 Å². The van der Waals surface area contributed by atoms with Gasteiger partial charge in [-0.3, -0.25) is 9.69 Å². The maximum Gasteiger partial charge on any atom is 0.255 e. The number of amides is 1. The fraction of sp³-hybridized carbons (Fsp3) is 0.478. The van der Waals surface area contributed by atoms with Crippen LogP contribution in [0.2, 0.25) is 0 Å². The number of pyridine rings is 1. The smallest absolute Gasteiger partial charge is 0.255 e. The van der Waals surface area contributed by atoms with Crippen LogP contribution in [0.3, 0.4) is 0 Å². The first-order valence-electron chi connectivity index (χ1n) is 10.8. The first-order chi connectivity index (χ1) is 15.2. The highest BCUT2D eigenvalue weighted by Gasteiger charge is 2.21. The Balaban J connectivity index is 1.53. The van der Waals surface area contributed by atoms with E-state index in [0.717, 1.165) is 49.9 Å². The topological polar surface area (TPSA) is 76.2 Å². The van der Waals surface area contributed by atoms with Crippen LogP contribution in [0.5, 0.6) is 5.75 Å². The number of nitrogens with zero attached hydrogens (tertiary/aromatic N) is 3. The quantitative estimate of drug-likeness (QED) is 0.722. The Bertz CT molecular complexity index is 880. The van der Waals surface area contributed by atoms with E-state index < -0.39 is 0 Å². The van der Waals surface area contributed by atoms with Gasteiger partial charge in [0, 0.05) is 44.8 Å². The summed E-state index contributed by atoms with van der Waals surface area (Å²) in [7, 11) is 1.65. The van der Waals surface area contributed by atoms with Crippen molar-refractivity contribution in [3.63, 3.8) is 0 Å². The van der Waals surface area contributed by atoms with Gasteiger partial charge in [0.25, 0.3) is 5.91 Å². The third-order valence-corrected chi connectivity index (χ3v) is 5.61. The van der Waals surface area contributed by atoms with Crippen molar-refractivity contribution in [2.24, 2.45) is 0 Å². The van der Waals surface area contributed by atoms with Crippen LogP contribution in [-0.2, 0) is 9.47 Å². The Morgan fingerprint density at radius 2 is 1.81 bits per heavy atom. The summed E-state index contributed by atoms with van der Waals surface area (Å²) >= 11 is 0.